The SMILES string of the molecule is CC(=O)N1CCC(C(C)(C)C)CC1.CC(C)(C)C1CCC1.CC(C)(C)C1CCOC1.CC(C)(C)C1CCOCC1.CC(C)(C)C1CCS(=O)CC1.CC(C)(C)CC1CC1.CC(C)(C)N1CCOCC1.CC(C)C(C)(C)C.C[C@@H]1CCOC1. The number of piperidine rings is 1. The van der Waals surface area contributed by atoms with E-state index in [1.54, 1.807) is 6.92 Å². The van der Waals surface area contributed by atoms with Crippen LogP contribution in [0.15, 0.2) is 0 Å². The van der Waals surface area contributed by atoms with E-state index < -0.39 is 10.8 Å². The maximum absolute atomic E-state index is 11.1. The molecule has 0 N–H and O–H groups in total. The van der Waals surface area contributed by atoms with Crippen LogP contribution < -0.4 is 0 Å². The number of morpholine rings is 1. The van der Waals surface area contributed by atoms with Gasteiger partial charge in [-0.3, -0.25) is 13.9 Å². The van der Waals surface area contributed by atoms with Crippen molar-refractivity contribution in [3.8, 4) is 0 Å². The molecule has 8 rings (SSSR count). The van der Waals surface area contributed by atoms with Gasteiger partial charge in [0, 0.05) is 101 Å². The van der Waals surface area contributed by atoms with Gasteiger partial charge < -0.3 is 23.8 Å². The summed E-state index contributed by atoms with van der Waals surface area (Å²) in [6, 6.07) is 0. The van der Waals surface area contributed by atoms with Crippen LogP contribution >= 0.6 is 0 Å². The first kappa shape index (κ1) is 81.4. The zero-order chi connectivity index (χ0) is 63.6. The van der Waals surface area contributed by atoms with Crippen LogP contribution in [0, 0.1) is 85.2 Å². The Morgan fingerprint density at radius 3 is 1.02 bits per heavy atom. The van der Waals surface area contributed by atoms with Crippen LogP contribution in [0.2, 0.25) is 0 Å². The van der Waals surface area contributed by atoms with Gasteiger partial charge in [-0.1, -0.05) is 185 Å². The van der Waals surface area contributed by atoms with Gasteiger partial charge in [0.1, 0.15) is 0 Å². The van der Waals surface area contributed by atoms with Crippen molar-refractivity contribution in [2.45, 2.75) is 289 Å². The van der Waals surface area contributed by atoms with Crippen molar-refractivity contribution in [2.75, 3.05) is 90.5 Å². The Hall–Kier alpha value is -0.580. The van der Waals surface area contributed by atoms with Gasteiger partial charge >= 0.3 is 0 Å². The number of rotatable bonds is 1. The first-order valence-electron chi connectivity index (χ1n) is 33.9. The largest absolute Gasteiger partial charge is 0.381 e. The summed E-state index contributed by atoms with van der Waals surface area (Å²) in [6.07, 6.45) is 18.5. The van der Waals surface area contributed by atoms with Crippen LogP contribution in [0.3, 0.4) is 0 Å². The van der Waals surface area contributed by atoms with Crippen molar-refractivity contribution in [3.05, 3.63) is 0 Å². The van der Waals surface area contributed by atoms with Crippen molar-refractivity contribution in [3.63, 3.8) is 0 Å². The molecule has 492 valence electrons. The molecule has 9 heteroatoms. The molecular formula is C73H148N2O6S. The summed E-state index contributed by atoms with van der Waals surface area (Å²) in [6.45, 7) is 75.2. The molecule has 2 saturated carbocycles. The molecule has 0 aromatic rings. The van der Waals surface area contributed by atoms with Crippen molar-refractivity contribution in [1.29, 1.82) is 0 Å². The lowest BCUT2D eigenvalue weighted by Gasteiger charge is -2.38. The average Bonchev–Trinajstić information content (AvgIpc) is 3.68. The fourth-order valence-electron chi connectivity index (χ4n) is 10.9. The summed E-state index contributed by atoms with van der Waals surface area (Å²) < 4.78 is 31.9. The molecule has 1 amide bonds. The van der Waals surface area contributed by atoms with Crippen molar-refractivity contribution in [1.82, 2.24) is 9.80 Å². The molecule has 82 heavy (non-hydrogen) atoms. The number of amides is 1. The van der Waals surface area contributed by atoms with Crippen LogP contribution in [-0.4, -0.2) is 116 Å². The van der Waals surface area contributed by atoms with E-state index in [4.69, 9.17) is 18.9 Å². The van der Waals surface area contributed by atoms with Crippen LogP contribution in [0.5, 0.6) is 0 Å². The van der Waals surface area contributed by atoms with Crippen molar-refractivity contribution in [2.24, 2.45) is 85.2 Å². The highest BCUT2D eigenvalue weighted by Gasteiger charge is 2.32. The summed E-state index contributed by atoms with van der Waals surface area (Å²) in [5.41, 5.74) is 3.77. The lowest BCUT2D eigenvalue weighted by molar-refractivity contribution is -0.130. The minimum atomic E-state index is -0.496. The molecule has 0 aromatic carbocycles. The maximum Gasteiger partial charge on any atom is 0.219 e. The number of carbonyl (C=O) groups is 1. The van der Waals surface area contributed by atoms with E-state index in [0.717, 1.165) is 151 Å². The first-order chi connectivity index (χ1) is 37.2. The van der Waals surface area contributed by atoms with E-state index in [1.165, 1.54) is 77.0 Å². The second-order valence-electron chi connectivity index (χ2n) is 35.3. The molecule has 0 aromatic heterocycles. The quantitative estimate of drug-likeness (QED) is 0.259. The minimum absolute atomic E-state index is 0.229. The van der Waals surface area contributed by atoms with Crippen molar-refractivity contribution >= 4 is 16.7 Å². The maximum atomic E-state index is 11.1. The second kappa shape index (κ2) is 38.1. The fourth-order valence-corrected chi connectivity index (χ4v) is 12.1. The molecule has 0 radical (unpaired) electrons. The van der Waals surface area contributed by atoms with Gasteiger partial charge in [-0.25, -0.2) is 0 Å². The van der Waals surface area contributed by atoms with E-state index in [0.29, 0.717) is 43.4 Å². The zero-order valence-electron chi connectivity index (χ0n) is 60.7. The predicted octanol–water partition coefficient (Wildman–Crippen LogP) is 19.5. The number of carbonyl (C=O) groups excluding carboxylic acids is 1. The Bertz CT molecular complexity index is 1580. The molecule has 0 bridgehead atoms. The predicted molar refractivity (Wildman–Crippen MR) is 360 cm³/mol. The van der Waals surface area contributed by atoms with Gasteiger partial charge in [-0.2, -0.15) is 0 Å². The van der Waals surface area contributed by atoms with E-state index in [9.17, 15) is 9.00 Å². The number of nitrogens with zero attached hydrogens (tertiary/aromatic N) is 2. The van der Waals surface area contributed by atoms with Gasteiger partial charge in [0.25, 0.3) is 0 Å². The lowest BCUT2D eigenvalue weighted by Crippen LogP contribution is -2.47. The summed E-state index contributed by atoms with van der Waals surface area (Å²) in [4.78, 5) is 15.5. The number of hydrogen-bond donors (Lipinski definition) is 0. The Morgan fingerprint density at radius 1 is 0.451 bits per heavy atom. The highest BCUT2D eigenvalue weighted by Crippen LogP contribution is 2.42. The van der Waals surface area contributed by atoms with Crippen LogP contribution in [0.4, 0.5) is 0 Å². The highest BCUT2D eigenvalue weighted by molar-refractivity contribution is 7.85. The summed E-state index contributed by atoms with van der Waals surface area (Å²) in [5.74, 6) is 9.08. The number of ether oxygens (including phenoxy) is 4. The molecular weight excluding hydrogens is 1030 g/mol. The molecule has 8 nitrogen and oxygen atoms in total. The van der Waals surface area contributed by atoms with Crippen LogP contribution in [0.25, 0.3) is 0 Å². The topological polar surface area (TPSA) is 77.5 Å². The van der Waals surface area contributed by atoms with E-state index in [2.05, 4.69) is 192 Å². The summed E-state index contributed by atoms with van der Waals surface area (Å²) in [7, 11) is -0.496. The third-order valence-electron chi connectivity index (χ3n) is 19.2. The molecule has 1 unspecified atom stereocenters. The van der Waals surface area contributed by atoms with E-state index in [1.807, 2.05) is 4.90 Å². The monoisotopic (exact) mass is 1180 g/mol. The highest BCUT2D eigenvalue weighted by atomic mass is 32.2. The summed E-state index contributed by atoms with van der Waals surface area (Å²) >= 11 is 0. The molecule has 6 saturated heterocycles. The number of hydrogen-bond acceptors (Lipinski definition) is 7. The molecule has 2 aliphatic carbocycles. The van der Waals surface area contributed by atoms with E-state index >= 15 is 0 Å². The van der Waals surface area contributed by atoms with Gasteiger partial charge in [0.15, 0.2) is 0 Å². The second-order valence-corrected chi connectivity index (χ2v) is 37.0. The van der Waals surface area contributed by atoms with E-state index in [-0.39, 0.29) is 5.91 Å². The van der Waals surface area contributed by atoms with Crippen LogP contribution in [0.1, 0.15) is 284 Å². The molecule has 0 spiro atoms. The fraction of sp³-hybridized carbons (Fsp3) is 0.986. The molecule has 6 heterocycles. The Morgan fingerprint density at radius 2 is 0.805 bits per heavy atom. The third kappa shape index (κ3) is 40.8. The smallest absolute Gasteiger partial charge is 0.219 e. The standard InChI is InChI=1S/C11H21NO.C9H18OS.C9H18O.C8H17NO.C8H16O.2C8H16.C7H16.C5H10O/c1-9(13)12-7-5-10(6-8-12)11(2,3)4;1-9(2,3)8-4-6-11(10)7-5-8;1-9(2,3)8-4-6-10-7-5-8;1-8(2,3)9-4-6-10-7-5-9;1-8(2,3)7-4-5-9-6-7;1-8(2,3)6-7-4-5-7;1-8(2,3)7-5-4-6-7;1-6(2)7(3,4)5;1-5-2-3-6-4-5/h10H,5-8H2,1-4H3;8H,4-7H2,1-3H3;8H,4-7H2,1-3H3;4-7H2,1-3H3;7H,4-6H2,1-3H3;2*7H,4-6H2,1-3H3;6H,1-5H3;5H,2-4H2,1H3/t;;;;;;;;5-/m........1/s1. The molecule has 6 aliphatic heterocycles. The normalized spacial score (nSPS) is 24.5. The minimum Gasteiger partial charge on any atom is -0.381 e. The van der Waals surface area contributed by atoms with Gasteiger partial charge in [-0.15, -0.1) is 0 Å². The Balaban J connectivity index is 0.000000907. The van der Waals surface area contributed by atoms with Gasteiger partial charge in [0.05, 0.1) is 13.2 Å². The van der Waals surface area contributed by atoms with Gasteiger partial charge in [0.2, 0.25) is 5.91 Å². The Labute approximate surface area is 517 Å². The number of likely N-dealkylation sites (tertiary alicyclic amines) is 1. The van der Waals surface area contributed by atoms with Gasteiger partial charge in [-0.05, 0) is 177 Å². The average molecular weight is 1180 g/mol. The molecule has 2 atom stereocenters. The first-order valence-corrected chi connectivity index (χ1v) is 35.4. The molecule has 8 fully saturated rings. The van der Waals surface area contributed by atoms with Crippen molar-refractivity contribution < 1.29 is 28.0 Å². The summed E-state index contributed by atoms with van der Waals surface area (Å²) in [5, 5.41) is 0. The van der Waals surface area contributed by atoms with Crippen LogP contribution in [-0.2, 0) is 34.5 Å². The lowest BCUT2D eigenvalue weighted by atomic mass is 9.69. The Kier molecular flexibility index (Phi) is 37.8. The molecule has 8 aliphatic rings. The zero-order valence-corrected chi connectivity index (χ0v) is 61.5. The third-order valence-corrected chi connectivity index (χ3v) is 20.5.